The zero-order chi connectivity index (χ0) is 16.8. The van der Waals surface area contributed by atoms with Crippen molar-refractivity contribution in [3.8, 4) is 0 Å². The molecule has 1 aromatic heterocycles. The average molecular weight is 315 g/mol. The van der Waals surface area contributed by atoms with Gasteiger partial charge in [-0.1, -0.05) is 18.2 Å². The van der Waals surface area contributed by atoms with E-state index in [1.807, 2.05) is 39.0 Å². The van der Waals surface area contributed by atoms with Gasteiger partial charge in [-0.3, -0.25) is 9.59 Å². The van der Waals surface area contributed by atoms with Crippen LogP contribution in [0.3, 0.4) is 0 Å². The van der Waals surface area contributed by atoms with Crippen LogP contribution in [-0.2, 0) is 6.54 Å². The van der Waals surface area contributed by atoms with Crippen LogP contribution in [0.25, 0.3) is 0 Å². The molecule has 0 saturated carbocycles. The average Bonchev–Trinajstić information content (AvgIpc) is 3.01. The van der Waals surface area contributed by atoms with Crippen LogP contribution in [0.1, 0.15) is 46.1 Å². The van der Waals surface area contributed by atoms with Gasteiger partial charge in [0.1, 0.15) is 6.26 Å². The summed E-state index contributed by atoms with van der Waals surface area (Å²) < 4.78 is 5.31. The van der Waals surface area contributed by atoms with E-state index >= 15 is 0 Å². The van der Waals surface area contributed by atoms with Gasteiger partial charge in [-0.15, -0.1) is 0 Å². The van der Waals surface area contributed by atoms with Gasteiger partial charge in [-0.25, -0.2) is 4.98 Å². The molecule has 0 spiro atoms. The minimum Gasteiger partial charge on any atom is -0.446 e. The highest BCUT2D eigenvalue weighted by atomic mass is 16.3. The summed E-state index contributed by atoms with van der Waals surface area (Å²) in [6, 6.07) is 7.44. The van der Waals surface area contributed by atoms with E-state index in [4.69, 9.17) is 4.42 Å². The third-order valence-corrected chi connectivity index (χ3v) is 3.49. The first-order valence-corrected chi connectivity index (χ1v) is 7.64. The third-order valence-electron chi connectivity index (χ3n) is 3.49. The van der Waals surface area contributed by atoms with E-state index in [2.05, 4.69) is 10.3 Å². The van der Waals surface area contributed by atoms with Crippen LogP contribution in [-0.4, -0.2) is 34.8 Å². The molecule has 23 heavy (non-hydrogen) atoms. The second kappa shape index (κ2) is 7.58. The number of amides is 2. The van der Waals surface area contributed by atoms with Gasteiger partial charge in [0.25, 0.3) is 11.8 Å². The Hall–Kier alpha value is -2.63. The molecule has 2 aromatic rings. The van der Waals surface area contributed by atoms with Crippen LogP contribution in [0.15, 0.2) is 34.9 Å². The Morgan fingerprint density at radius 3 is 2.65 bits per heavy atom. The van der Waals surface area contributed by atoms with Gasteiger partial charge in [-0.2, -0.15) is 0 Å². The minimum atomic E-state index is -0.282. The standard InChI is InChI=1S/C17H21N3O3/c1-4-18-16(21)14-11-23-15(19-14)10-20(5-2)17(22)13-9-7-6-8-12(13)3/h6-9,11H,4-5,10H2,1-3H3,(H,18,21). The largest absolute Gasteiger partial charge is 0.446 e. The van der Waals surface area contributed by atoms with Crippen LogP contribution < -0.4 is 5.32 Å². The van der Waals surface area contributed by atoms with Crippen molar-refractivity contribution in [1.29, 1.82) is 0 Å². The summed E-state index contributed by atoms with van der Waals surface area (Å²) >= 11 is 0. The summed E-state index contributed by atoms with van der Waals surface area (Å²) in [5.74, 6) is -0.0193. The highest BCUT2D eigenvalue weighted by Crippen LogP contribution is 2.13. The second-order valence-corrected chi connectivity index (χ2v) is 5.12. The summed E-state index contributed by atoms with van der Waals surface area (Å²) in [4.78, 5) is 30.1. The van der Waals surface area contributed by atoms with Crippen molar-refractivity contribution in [2.24, 2.45) is 0 Å². The number of carbonyl (C=O) groups excluding carboxylic acids is 2. The molecule has 0 aliphatic carbocycles. The summed E-state index contributed by atoms with van der Waals surface area (Å²) in [5, 5.41) is 2.66. The summed E-state index contributed by atoms with van der Waals surface area (Å²) in [6.07, 6.45) is 1.31. The van der Waals surface area contributed by atoms with Crippen LogP contribution in [0.2, 0.25) is 0 Å². The maximum atomic E-state index is 12.6. The van der Waals surface area contributed by atoms with E-state index in [0.717, 1.165) is 5.56 Å². The molecule has 0 saturated heterocycles. The Morgan fingerprint density at radius 2 is 2.00 bits per heavy atom. The SMILES string of the molecule is CCNC(=O)c1coc(CN(CC)C(=O)c2ccccc2C)n1. The van der Waals surface area contributed by atoms with Crippen LogP contribution >= 0.6 is 0 Å². The number of benzene rings is 1. The summed E-state index contributed by atoms with van der Waals surface area (Å²) in [7, 11) is 0. The second-order valence-electron chi connectivity index (χ2n) is 5.12. The van der Waals surface area contributed by atoms with Crippen LogP contribution in [0.5, 0.6) is 0 Å². The van der Waals surface area contributed by atoms with E-state index in [1.54, 1.807) is 11.0 Å². The van der Waals surface area contributed by atoms with Gasteiger partial charge in [0, 0.05) is 18.7 Å². The lowest BCUT2D eigenvalue weighted by Gasteiger charge is -2.20. The zero-order valence-electron chi connectivity index (χ0n) is 13.6. The number of oxazole rings is 1. The maximum absolute atomic E-state index is 12.6. The van der Waals surface area contributed by atoms with Gasteiger partial charge < -0.3 is 14.6 Å². The van der Waals surface area contributed by atoms with Gasteiger partial charge in [0.15, 0.2) is 5.69 Å². The van der Waals surface area contributed by atoms with Crippen molar-refractivity contribution in [2.75, 3.05) is 13.1 Å². The maximum Gasteiger partial charge on any atom is 0.273 e. The number of nitrogens with one attached hydrogen (secondary N) is 1. The minimum absolute atomic E-state index is 0.0802. The molecule has 2 rings (SSSR count). The molecule has 122 valence electrons. The molecule has 6 heteroatoms. The number of aromatic nitrogens is 1. The number of nitrogens with zero attached hydrogens (tertiary/aromatic N) is 2. The molecule has 2 amide bonds. The topological polar surface area (TPSA) is 75.4 Å². The van der Waals surface area contributed by atoms with E-state index in [1.165, 1.54) is 6.26 Å². The molecular formula is C17H21N3O3. The molecule has 0 aliphatic rings. The van der Waals surface area contributed by atoms with E-state index in [0.29, 0.717) is 24.5 Å². The third kappa shape index (κ3) is 3.97. The van der Waals surface area contributed by atoms with Crippen molar-refractivity contribution >= 4 is 11.8 Å². The van der Waals surface area contributed by atoms with E-state index in [-0.39, 0.29) is 24.1 Å². The molecule has 0 fully saturated rings. The molecular weight excluding hydrogens is 294 g/mol. The lowest BCUT2D eigenvalue weighted by atomic mass is 10.1. The van der Waals surface area contributed by atoms with E-state index in [9.17, 15) is 9.59 Å². The van der Waals surface area contributed by atoms with Crippen LogP contribution in [0.4, 0.5) is 0 Å². The Bertz CT molecular complexity index is 694. The number of hydrogen-bond acceptors (Lipinski definition) is 4. The fourth-order valence-corrected chi connectivity index (χ4v) is 2.21. The molecule has 0 aliphatic heterocycles. The van der Waals surface area contributed by atoms with E-state index < -0.39 is 0 Å². The fraction of sp³-hybridized carbons (Fsp3) is 0.353. The van der Waals surface area contributed by atoms with Crippen molar-refractivity contribution in [3.63, 3.8) is 0 Å². The van der Waals surface area contributed by atoms with Gasteiger partial charge in [0.2, 0.25) is 5.89 Å². The van der Waals surface area contributed by atoms with Crippen molar-refractivity contribution in [2.45, 2.75) is 27.3 Å². The smallest absolute Gasteiger partial charge is 0.273 e. The molecule has 0 atom stereocenters. The molecule has 1 N–H and O–H groups in total. The first-order valence-electron chi connectivity index (χ1n) is 7.64. The number of hydrogen-bond donors (Lipinski definition) is 1. The molecule has 1 aromatic carbocycles. The monoisotopic (exact) mass is 315 g/mol. The van der Waals surface area contributed by atoms with Crippen molar-refractivity contribution in [3.05, 3.63) is 53.2 Å². The fourth-order valence-electron chi connectivity index (χ4n) is 2.21. The number of aryl methyl sites for hydroxylation is 1. The van der Waals surface area contributed by atoms with Crippen LogP contribution in [0, 0.1) is 6.92 Å². The Balaban J connectivity index is 2.12. The number of rotatable bonds is 6. The Labute approximate surface area is 135 Å². The molecule has 0 radical (unpaired) electrons. The molecule has 0 bridgehead atoms. The molecule has 0 unspecified atom stereocenters. The highest BCUT2D eigenvalue weighted by Gasteiger charge is 2.19. The first-order chi connectivity index (χ1) is 11.1. The summed E-state index contributed by atoms with van der Waals surface area (Å²) in [6.45, 7) is 6.89. The summed E-state index contributed by atoms with van der Waals surface area (Å²) in [5.41, 5.74) is 1.80. The zero-order valence-corrected chi connectivity index (χ0v) is 13.6. The molecule has 1 heterocycles. The number of carbonyl (C=O) groups is 2. The van der Waals surface area contributed by atoms with Gasteiger partial charge in [-0.05, 0) is 32.4 Å². The Kier molecular flexibility index (Phi) is 5.51. The predicted octanol–water partition coefficient (Wildman–Crippen LogP) is 2.40. The molecule has 6 nitrogen and oxygen atoms in total. The first kappa shape index (κ1) is 16.7. The quantitative estimate of drug-likeness (QED) is 0.888. The lowest BCUT2D eigenvalue weighted by Crippen LogP contribution is -2.31. The Morgan fingerprint density at radius 1 is 1.26 bits per heavy atom. The van der Waals surface area contributed by atoms with Crippen molar-refractivity contribution < 1.29 is 14.0 Å². The van der Waals surface area contributed by atoms with Gasteiger partial charge >= 0.3 is 0 Å². The lowest BCUT2D eigenvalue weighted by molar-refractivity contribution is 0.0737. The predicted molar refractivity (Wildman–Crippen MR) is 86.1 cm³/mol. The van der Waals surface area contributed by atoms with Crippen molar-refractivity contribution in [1.82, 2.24) is 15.2 Å². The highest BCUT2D eigenvalue weighted by molar-refractivity contribution is 5.95. The van der Waals surface area contributed by atoms with Gasteiger partial charge in [0.05, 0.1) is 6.54 Å². The normalized spacial score (nSPS) is 10.4.